The lowest BCUT2D eigenvalue weighted by Gasteiger charge is -2.32. The van der Waals surface area contributed by atoms with Gasteiger partial charge in [-0.15, -0.1) is 0 Å². The first-order valence-corrected chi connectivity index (χ1v) is 7.11. The Bertz CT molecular complexity index is 413. The molecule has 2 N–H and O–H groups in total. The minimum Gasteiger partial charge on any atom is -0.396 e. The van der Waals surface area contributed by atoms with Gasteiger partial charge in [0.05, 0.1) is 6.61 Å². The topological polar surface area (TPSA) is 56.6 Å². The quantitative estimate of drug-likeness (QED) is 0.872. The standard InChI is InChI=1S/C15H24N2O2/c1-11(2)14-7-13(10-19)8-15(16-14)17-5-3-12(9-18)4-6-17/h7-8,11-12,18-19H,3-6,9-10H2,1-2H3. The maximum atomic E-state index is 9.37. The third-order valence-corrected chi connectivity index (χ3v) is 3.86. The molecule has 2 heterocycles. The van der Waals surface area contributed by atoms with E-state index in [-0.39, 0.29) is 13.2 Å². The first kappa shape index (κ1) is 14.3. The highest BCUT2D eigenvalue weighted by Gasteiger charge is 2.20. The van der Waals surface area contributed by atoms with E-state index >= 15 is 0 Å². The molecule has 19 heavy (non-hydrogen) atoms. The summed E-state index contributed by atoms with van der Waals surface area (Å²) in [5.74, 6) is 1.76. The predicted octanol–water partition coefficient (Wildman–Crippen LogP) is 1.91. The van der Waals surface area contributed by atoms with Crippen molar-refractivity contribution in [2.45, 2.75) is 39.2 Å². The van der Waals surface area contributed by atoms with E-state index in [1.54, 1.807) is 0 Å². The highest BCUT2D eigenvalue weighted by Crippen LogP contribution is 2.25. The van der Waals surface area contributed by atoms with Crippen molar-refractivity contribution < 1.29 is 10.2 Å². The zero-order valence-corrected chi connectivity index (χ0v) is 11.8. The average molecular weight is 264 g/mol. The molecule has 4 nitrogen and oxygen atoms in total. The van der Waals surface area contributed by atoms with Crippen molar-refractivity contribution in [1.82, 2.24) is 4.98 Å². The molecule has 0 unspecified atom stereocenters. The van der Waals surface area contributed by atoms with Crippen molar-refractivity contribution >= 4 is 5.82 Å². The van der Waals surface area contributed by atoms with E-state index in [1.807, 2.05) is 12.1 Å². The highest BCUT2D eigenvalue weighted by molar-refractivity contribution is 5.43. The molecule has 0 atom stereocenters. The Morgan fingerprint density at radius 3 is 2.47 bits per heavy atom. The van der Waals surface area contributed by atoms with Crippen LogP contribution in [0.5, 0.6) is 0 Å². The van der Waals surface area contributed by atoms with E-state index in [0.29, 0.717) is 11.8 Å². The lowest BCUT2D eigenvalue weighted by Crippen LogP contribution is -2.35. The summed E-state index contributed by atoms with van der Waals surface area (Å²) in [6, 6.07) is 3.96. The summed E-state index contributed by atoms with van der Waals surface area (Å²) < 4.78 is 0. The van der Waals surface area contributed by atoms with E-state index in [4.69, 9.17) is 4.98 Å². The maximum absolute atomic E-state index is 9.37. The van der Waals surface area contributed by atoms with Crippen LogP contribution in [0.1, 0.15) is 43.9 Å². The van der Waals surface area contributed by atoms with Gasteiger partial charge in [0.2, 0.25) is 0 Å². The van der Waals surface area contributed by atoms with E-state index in [0.717, 1.165) is 43.0 Å². The number of rotatable bonds is 4. The number of hydrogen-bond donors (Lipinski definition) is 2. The second kappa shape index (κ2) is 6.35. The molecule has 106 valence electrons. The Labute approximate surface area is 115 Å². The average Bonchev–Trinajstić information content (AvgIpc) is 2.46. The number of pyridine rings is 1. The van der Waals surface area contributed by atoms with Crippen LogP contribution in [0.25, 0.3) is 0 Å². The van der Waals surface area contributed by atoms with Crippen LogP contribution in [0, 0.1) is 5.92 Å². The zero-order chi connectivity index (χ0) is 13.8. The molecule has 1 saturated heterocycles. The smallest absolute Gasteiger partial charge is 0.129 e. The van der Waals surface area contributed by atoms with Gasteiger partial charge in [0.15, 0.2) is 0 Å². The van der Waals surface area contributed by atoms with Crippen LogP contribution in [0.15, 0.2) is 12.1 Å². The maximum Gasteiger partial charge on any atom is 0.129 e. The lowest BCUT2D eigenvalue weighted by atomic mass is 9.98. The fraction of sp³-hybridized carbons (Fsp3) is 0.667. The molecule has 0 spiro atoms. The first-order valence-electron chi connectivity index (χ1n) is 7.11. The summed E-state index contributed by atoms with van der Waals surface area (Å²) in [6.07, 6.45) is 2.02. The van der Waals surface area contributed by atoms with Crippen LogP contribution in [0.2, 0.25) is 0 Å². The van der Waals surface area contributed by atoms with Gasteiger partial charge in [0, 0.05) is 25.4 Å². The van der Waals surface area contributed by atoms with Crippen LogP contribution < -0.4 is 4.90 Å². The summed E-state index contributed by atoms with van der Waals surface area (Å²) in [4.78, 5) is 6.97. The molecule has 4 heteroatoms. The van der Waals surface area contributed by atoms with Gasteiger partial charge >= 0.3 is 0 Å². The molecule has 0 aromatic carbocycles. The van der Waals surface area contributed by atoms with E-state index in [2.05, 4.69) is 18.7 Å². The van der Waals surface area contributed by atoms with Gasteiger partial charge in [-0.2, -0.15) is 0 Å². The molecule has 0 saturated carbocycles. The normalized spacial score (nSPS) is 17.2. The second-order valence-corrected chi connectivity index (χ2v) is 5.68. The van der Waals surface area contributed by atoms with Gasteiger partial charge in [-0.3, -0.25) is 0 Å². The van der Waals surface area contributed by atoms with Gasteiger partial charge in [-0.25, -0.2) is 4.98 Å². The Balaban J connectivity index is 2.17. The van der Waals surface area contributed by atoms with Crippen molar-refractivity contribution in [3.8, 4) is 0 Å². The summed E-state index contributed by atoms with van der Waals surface area (Å²) in [6.45, 7) is 6.45. The van der Waals surface area contributed by atoms with Crippen LogP contribution >= 0.6 is 0 Å². The van der Waals surface area contributed by atoms with Crippen LogP contribution in [0.4, 0.5) is 5.82 Å². The van der Waals surface area contributed by atoms with Gasteiger partial charge in [0.1, 0.15) is 5.82 Å². The summed E-state index contributed by atoms with van der Waals surface area (Å²) in [5, 5.41) is 18.5. The monoisotopic (exact) mass is 264 g/mol. The molecule has 1 fully saturated rings. The second-order valence-electron chi connectivity index (χ2n) is 5.68. The number of hydrogen-bond acceptors (Lipinski definition) is 4. The lowest BCUT2D eigenvalue weighted by molar-refractivity contribution is 0.202. The zero-order valence-electron chi connectivity index (χ0n) is 11.8. The highest BCUT2D eigenvalue weighted by atomic mass is 16.3. The van der Waals surface area contributed by atoms with Crippen molar-refractivity contribution in [1.29, 1.82) is 0 Å². The Hall–Kier alpha value is -1.13. The van der Waals surface area contributed by atoms with Crippen LogP contribution in [-0.2, 0) is 6.61 Å². The van der Waals surface area contributed by atoms with Gasteiger partial charge < -0.3 is 15.1 Å². The molecule has 0 aliphatic carbocycles. The first-order chi connectivity index (χ1) is 9.13. The number of piperidine rings is 1. The molecule has 1 aliphatic rings. The minimum atomic E-state index is 0.0579. The van der Waals surface area contributed by atoms with Gasteiger partial charge in [-0.05, 0) is 42.4 Å². The Morgan fingerprint density at radius 2 is 1.95 bits per heavy atom. The number of aliphatic hydroxyl groups excluding tert-OH is 2. The molecular weight excluding hydrogens is 240 g/mol. The van der Waals surface area contributed by atoms with E-state index in [1.165, 1.54) is 0 Å². The number of aromatic nitrogens is 1. The van der Waals surface area contributed by atoms with E-state index in [9.17, 15) is 10.2 Å². The summed E-state index contributed by atoms with van der Waals surface area (Å²) in [5.41, 5.74) is 1.96. The SMILES string of the molecule is CC(C)c1cc(CO)cc(N2CCC(CO)CC2)n1. The van der Waals surface area contributed by atoms with Crippen LogP contribution in [0.3, 0.4) is 0 Å². The van der Waals surface area contributed by atoms with Crippen LogP contribution in [-0.4, -0.2) is 34.9 Å². The molecule has 0 bridgehead atoms. The molecule has 1 aromatic heterocycles. The largest absolute Gasteiger partial charge is 0.396 e. The van der Waals surface area contributed by atoms with Crippen molar-refractivity contribution in [2.75, 3.05) is 24.6 Å². The third kappa shape index (κ3) is 3.45. The molecule has 0 amide bonds. The molecule has 1 aliphatic heterocycles. The molecule has 1 aromatic rings. The Morgan fingerprint density at radius 1 is 1.26 bits per heavy atom. The molecular formula is C15H24N2O2. The molecule has 2 rings (SSSR count). The van der Waals surface area contributed by atoms with Gasteiger partial charge in [-0.1, -0.05) is 13.8 Å². The fourth-order valence-corrected chi connectivity index (χ4v) is 2.49. The van der Waals surface area contributed by atoms with Gasteiger partial charge in [0.25, 0.3) is 0 Å². The number of aliphatic hydroxyl groups is 2. The van der Waals surface area contributed by atoms with Crippen molar-refractivity contribution in [3.05, 3.63) is 23.4 Å². The van der Waals surface area contributed by atoms with Crippen molar-refractivity contribution in [2.24, 2.45) is 5.92 Å². The fourth-order valence-electron chi connectivity index (χ4n) is 2.49. The molecule has 0 radical (unpaired) electrons. The third-order valence-electron chi connectivity index (χ3n) is 3.86. The Kier molecular flexibility index (Phi) is 4.77. The minimum absolute atomic E-state index is 0.0579. The summed E-state index contributed by atoms with van der Waals surface area (Å²) >= 11 is 0. The predicted molar refractivity (Wildman–Crippen MR) is 76.3 cm³/mol. The summed E-state index contributed by atoms with van der Waals surface area (Å²) in [7, 11) is 0. The number of anilines is 1. The van der Waals surface area contributed by atoms with Crippen molar-refractivity contribution in [3.63, 3.8) is 0 Å². The van der Waals surface area contributed by atoms with E-state index < -0.39 is 0 Å². The number of nitrogens with zero attached hydrogens (tertiary/aromatic N) is 2.